The summed E-state index contributed by atoms with van der Waals surface area (Å²) in [6.07, 6.45) is 0. The highest BCUT2D eigenvalue weighted by atomic mass is 79.9. The summed E-state index contributed by atoms with van der Waals surface area (Å²) in [5.41, 5.74) is 6.35. The Morgan fingerprint density at radius 1 is 1.60 bits per heavy atom. The number of halogens is 2. The molecular weight excluding hydrogens is 345 g/mol. The van der Waals surface area contributed by atoms with Crippen molar-refractivity contribution in [2.45, 2.75) is 6.92 Å². The first-order chi connectivity index (χ1) is 9.29. The standard InChI is InChI=1S/C13H17BrFN3OS/c1-7(13(19)17-2)6-18(3)9-5-4-8(12(16)20)10(14)11(9)15/h4-5,7H,6H2,1-3H3,(H2,16,20)(H,17,19). The molecule has 20 heavy (non-hydrogen) atoms. The van der Waals surface area contributed by atoms with Gasteiger partial charge in [0.1, 0.15) is 4.99 Å². The maximum Gasteiger partial charge on any atom is 0.224 e. The Balaban J connectivity index is 3.00. The number of thiocarbonyl (C=S) groups is 1. The lowest BCUT2D eigenvalue weighted by Crippen LogP contribution is -2.34. The number of nitrogens with two attached hydrogens (primary N) is 1. The average molecular weight is 362 g/mol. The van der Waals surface area contributed by atoms with E-state index >= 15 is 0 Å². The molecular formula is C13H17BrFN3OS. The molecule has 0 heterocycles. The van der Waals surface area contributed by atoms with Gasteiger partial charge < -0.3 is 16.0 Å². The zero-order valence-electron chi connectivity index (χ0n) is 11.5. The molecule has 0 aliphatic carbocycles. The number of nitrogens with one attached hydrogen (secondary N) is 1. The summed E-state index contributed by atoms with van der Waals surface area (Å²) in [7, 11) is 3.30. The highest BCUT2D eigenvalue weighted by Gasteiger charge is 2.19. The molecule has 0 saturated carbocycles. The van der Waals surface area contributed by atoms with Crippen LogP contribution in [0.25, 0.3) is 0 Å². The molecule has 0 aliphatic heterocycles. The van der Waals surface area contributed by atoms with Gasteiger partial charge in [-0.2, -0.15) is 0 Å². The highest BCUT2D eigenvalue weighted by molar-refractivity contribution is 9.10. The Kier molecular flexibility index (Phi) is 5.88. The summed E-state index contributed by atoms with van der Waals surface area (Å²) in [5, 5.41) is 2.57. The lowest BCUT2D eigenvalue weighted by molar-refractivity contribution is -0.123. The molecule has 1 atom stereocenters. The number of hydrogen-bond acceptors (Lipinski definition) is 3. The molecule has 0 radical (unpaired) electrons. The molecule has 7 heteroatoms. The molecule has 1 unspecified atom stereocenters. The third-order valence-corrected chi connectivity index (χ3v) is 3.98. The number of benzene rings is 1. The van der Waals surface area contributed by atoms with E-state index in [1.165, 1.54) is 0 Å². The van der Waals surface area contributed by atoms with E-state index in [1.807, 2.05) is 0 Å². The number of hydrogen-bond donors (Lipinski definition) is 2. The number of amides is 1. The van der Waals surface area contributed by atoms with E-state index < -0.39 is 5.82 Å². The van der Waals surface area contributed by atoms with Crippen LogP contribution in [0.4, 0.5) is 10.1 Å². The Labute approximate surface area is 131 Å². The zero-order valence-corrected chi connectivity index (χ0v) is 13.9. The van der Waals surface area contributed by atoms with E-state index in [0.29, 0.717) is 17.8 Å². The van der Waals surface area contributed by atoms with Crippen LogP contribution in [0.15, 0.2) is 16.6 Å². The number of rotatable bonds is 5. The van der Waals surface area contributed by atoms with Crippen molar-refractivity contribution in [3.05, 3.63) is 28.0 Å². The quantitative estimate of drug-likeness (QED) is 0.788. The van der Waals surface area contributed by atoms with Gasteiger partial charge in [0.2, 0.25) is 5.91 Å². The van der Waals surface area contributed by atoms with Crippen molar-refractivity contribution in [1.82, 2.24) is 5.32 Å². The van der Waals surface area contributed by atoms with Gasteiger partial charge in [-0.05, 0) is 28.1 Å². The first-order valence-electron chi connectivity index (χ1n) is 6.00. The van der Waals surface area contributed by atoms with Gasteiger partial charge in [-0.1, -0.05) is 19.1 Å². The topological polar surface area (TPSA) is 58.4 Å². The highest BCUT2D eigenvalue weighted by Crippen LogP contribution is 2.29. The molecule has 3 N–H and O–H groups in total. The van der Waals surface area contributed by atoms with E-state index in [-0.39, 0.29) is 21.3 Å². The maximum atomic E-state index is 14.3. The van der Waals surface area contributed by atoms with Crippen LogP contribution in [0.5, 0.6) is 0 Å². The van der Waals surface area contributed by atoms with Crippen molar-refractivity contribution < 1.29 is 9.18 Å². The third-order valence-electron chi connectivity index (χ3n) is 2.98. The fraction of sp³-hybridized carbons (Fsp3) is 0.385. The lowest BCUT2D eigenvalue weighted by atomic mass is 10.1. The van der Waals surface area contributed by atoms with Gasteiger partial charge in [0, 0.05) is 26.2 Å². The van der Waals surface area contributed by atoms with Crippen molar-refractivity contribution in [3.63, 3.8) is 0 Å². The average Bonchev–Trinajstić information content (AvgIpc) is 2.39. The lowest BCUT2D eigenvalue weighted by Gasteiger charge is -2.24. The van der Waals surface area contributed by atoms with Crippen molar-refractivity contribution in [2.75, 3.05) is 25.5 Å². The first-order valence-corrected chi connectivity index (χ1v) is 7.20. The molecule has 0 spiro atoms. The zero-order chi connectivity index (χ0) is 15.4. The molecule has 1 rings (SSSR count). The van der Waals surface area contributed by atoms with Crippen molar-refractivity contribution in [2.24, 2.45) is 11.7 Å². The second-order valence-corrected chi connectivity index (χ2v) is 5.75. The van der Waals surface area contributed by atoms with Gasteiger partial charge >= 0.3 is 0 Å². The van der Waals surface area contributed by atoms with Crippen LogP contribution in [0, 0.1) is 11.7 Å². The first kappa shape index (κ1) is 16.8. The summed E-state index contributed by atoms with van der Waals surface area (Å²) >= 11 is 8.01. The predicted molar refractivity (Wildman–Crippen MR) is 86.5 cm³/mol. The fourth-order valence-corrected chi connectivity index (χ4v) is 2.71. The number of anilines is 1. The molecule has 4 nitrogen and oxygen atoms in total. The monoisotopic (exact) mass is 361 g/mol. The molecule has 0 aromatic heterocycles. The smallest absolute Gasteiger partial charge is 0.224 e. The second-order valence-electron chi connectivity index (χ2n) is 4.52. The van der Waals surface area contributed by atoms with E-state index in [4.69, 9.17) is 18.0 Å². The maximum absolute atomic E-state index is 14.3. The molecule has 0 aliphatic rings. The summed E-state index contributed by atoms with van der Waals surface area (Å²) < 4.78 is 14.5. The minimum Gasteiger partial charge on any atom is -0.389 e. The number of carbonyl (C=O) groups excluding carboxylic acids is 1. The molecule has 1 aromatic rings. The second kappa shape index (κ2) is 6.99. The predicted octanol–water partition coefficient (Wildman–Crippen LogP) is 2.04. The van der Waals surface area contributed by atoms with Crippen LogP contribution >= 0.6 is 28.1 Å². The largest absolute Gasteiger partial charge is 0.389 e. The van der Waals surface area contributed by atoms with Crippen LogP contribution < -0.4 is 16.0 Å². The molecule has 1 amide bonds. The van der Waals surface area contributed by atoms with Gasteiger partial charge in [0.05, 0.1) is 16.1 Å². The van der Waals surface area contributed by atoms with E-state index in [1.54, 1.807) is 38.1 Å². The molecule has 1 aromatic carbocycles. The van der Waals surface area contributed by atoms with Gasteiger partial charge in [-0.25, -0.2) is 4.39 Å². The molecule has 0 saturated heterocycles. The normalized spacial score (nSPS) is 11.8. The Hall–Kier alpha value is -1.21. The summed E-state index contributed by atoms with van der Waals surface area (Å²) in [5.74, 6) is -0.781. The van der Waals surface area contributed by atoms with Gasteiger partial charge in [0.25, 0.3) is 0 Å². The van der Waals surface area contributed by atoms with Gasteiger partial charge in [0.15, 0.2) is 5.82 Å². The van der Waals surface area contributed by atoms with Crippen LogP contribution in [-0.2, 0) is 4.79 Å². The minimum absolute atomic E-state index is 0.0870. The Bertz CT molecular complexity index is 539. The molecule has 0 fully saturated rings. The van der Waals surface area contributed by atoms with Crippen molar-refractivity contribution in [3.8, 4) is 0 Å². The van der Waals surface area contributed by atoms with Crippen molar-refractivity contribution in [1.29, 1.82) is 0 Å². The van der Waals surface area contributed by atoms with Crippen LogP contribution in [0.3, 0.4) is 0 Å². The third kappa shape index (κ3) is 3.67. The number of nitrogens with zero attached hydrogens (tertiary/aromatic N) is 1. The summed E-state index contributed by atoms with van der Waals surface area (Å²) in [6.45, 7) is 2.18. The van der Waals surface area contributed by atoms with E-state index in [9.17, 15) is 9.18 Å². The van der Waals surface area contributed by atoms with Gasteiger partial charge in [-0.3, -0.25) is 4.79 Å². The fourth-order valence-electron chi connectivity index (χ4n) is 1.86. The van der Waals surface area contributed by atoms with Crippen molar-refractivity contribution >= 4 is 44.7 Å². The number of carbonyl (C=O) groups is 1. The van der Waals surface area contributed by atoms with E-state index in [2.05, 4.69) is 21.2 Å². The van der Waals surface area contributed by atoms with Crippen LogP contribution in [0.2, 0.25) is 0 Å². The molecule has 0 bridgehead atoms. The molecule has 110 valence electrons. The SMILES string of the molecule is CNC(=O)C(C)CN(C)c1ccc(C(N)=S)c(Br)c1F. The van der Waals surface area contributed by atoms with E-state index in [0.717, 1.165) is 0 Å². The van der Waals surface area contributed by atoms with Gasteiger partial charge in [-0.15, -0.1) is 0 Å². The summed E-state index contributed by atoms with van der Waals surface area (Å²) in [6, 6.07) is 3.26. The Morgan fingerprint density at radius 3 is 2.70 bits per heavy atom. The van der Waals surface area contributed by atoms with Crippen LogP contribution in [0.1, 0.15) is 12.5 Å². The van der Waals surface area contributed by atoms with Crippen LogP contribution in [-0.4, -0.2) is 31.5 Å². The minimum atomic E-state index is -0.443. The summed E-state index contributed by atoms with van der Waals surface area (Å²) in [4.78, 5) is 13.3. The Morgan fingerprint density at radius 2 is 2.20 bits per heavy atom.